The molecule has 304 valence electrons. The first kappa shape index (κ1) is 38.2. The molecule has 0 fully saturated rings. The lowest BCUT2D eigenvalue weighted by molar-refractivity contribution is 1.30. The van der Waals surface area contributed by atoms with Crippen LogP contribution in [-0.4, -0.2) is 0 Å². The van der Waals surface area contributed by atoms with Crippen molar-refractivity contribution in [2.24, 2.45) is 0 Å². The normalized spacial score (nSPS) is 11.4. The number of nitrogens with zero attached hydrogens (tertiary/aromatic N) is 1. The molecule has 0 saturated carbocycles. The van der Waals surface area contributed by atoms with Gasteiger partial charge in [0.2, 0.25) is 0 Å². The van der Waals surface area contributed by atoms with Crippen LogP contribution in [0, 0.1) is 0 Å². The third-order valence-corrected chi connectivity index (χ3v) is 13.1. The quantitative estimate of drug-likeness (QED) is 0.138. The molecule has 0 aromatic heterocycles. The van der Waals surface area contributed by atoms with Gasteiger partial charge in [0.05, 0.1) is 5.69 Å². The summed E-state index contributed by atoms with van der Waals surface area (Å²) in [5.74, 6) is 0. The molecule has 0 saturated heterocycles. The van der Waals surface area contributed by atoms with Crippen LogP contribution in [0.2, 0.25) is 0 Å². The molecule has 0 aliphatic carbocycles. The predicted octanol–water partition coefficient (Wildman–Crippen LogP) is 18.1. The molecule has 0 unspecified atom stereocenters. The molecule has 0 atom stereocenters. The van der Waals surface area contributed by atoms with Crippen LogP contribution in [0.15, 0.2) is 261 Å². The van der Waals surface area contributed by atoms with Gasteiger partial charge in [0.15, 0.2) is 0 Å². The van der Waals surface area contributed by atoms with Gasteiger partial charge in [0, 0.05) is 16.8 Å². The highest BCUT2D eigenvalue weighted by Gasteiger charge is 2.20. The van der Waals surface area contributed by atoms with Crippen molar-refractivity contribution in [2.45, 2.75) is 0 Å². The fourth-order valence-corrected chi connectivity index (χ4v) is 9.94. The first-order chi connectivity index (χ1) is 32.2. The van der Waals surface area contributed by atoms with Gasteiger partial charge in [0.25, 0.3) is 0 Å². The minimum Gasteiger partial charge on any atom is -0.310 e. The Kier molecular flexibility index (Phi) is 9.58. The molecular formula is C64H43N. The Morgan fingerprint density at radius 2 is 0.585 bits per heavy atom. The molecule has 0 N–H and O–H groups in total. The second-order valence-corrected chi connectivity index (χ2v) is 16.8. The van der Waals surface area contributed by atoms with Crippen LogP contribution in [0.25, 0.3) is 98.7 Å². The first-order valence-electron chi connectivity index (χ1n) is 22.4. The zero-order chi connectivity index (χ0) is 43.1. The second kappa shape index (κ2) is 16.3. The van der Waals surface area contributed by atoms with E-state index in [1.54, 1.807) is 0 Å². The van der Waals surface area contributed by atoms with Crippen molar-refractivity contribution < 1.29 is 0 Å². The van der Waals surface area contributed by atoms with Crippen molar-refractivity contribution in [3.8, 4) is 55.6 Å². The van der Waals surface area contributed by atoms with Crippen LogP contribution >= 0.6 is 0 Å². The number of rotatable bonds is 8. The van der Waals surface area contributed by atoms with Gasteiger partial charge in [-0.15, -0.1) is 0 Å². The molecule has 0 aliphatic rings. The van der Waals surface area contributed by atoms with Crippen LogP contribution in [-0.2, 0) is 0 Å². The smallest absolute Gasteiger partial charge is 0.0546 e. The van der Waals surface area contributed by atoms with E-state index in [9.17, 15) is 0 Å². The van der Waals surface area contributed by atoms with Crippen molar-refractivity contribution >= 4 is 60.2 Å². The highest BCUT2D eigenvalue weighted by atomic mass is 15.1. The molecule has 12 rings (SSSR count). The summed E-state index contributed by atoms with van der Waals surface area (Å²) in [6.07, 6.45) is 0. The maximum Gasteiger partial charge on any atom is 0.0546 e. The lowest BCUT2D eigenvalue weighted by Crippen LogP contribution is -2.10. The molecular weight excluding hydrogens is 783 g/mol. The standard InChI is InChI=1S/C64H43N/c1-2-16-45(17-3-1)54-21-8-10-24-58(54)61-27-12-13-28-62(61)59-25-11-9-22-55(59)47-34-39-52(40-35-47)65(64-43-49-19-5-7-23-56(49)60-26-14-15-29-63(60)64)51-37-32-44(33-38-51)48-36-41-57-50(42-48)31-30-46-18-4-6-20-53(46)57/h1-43H. The Morgan fingerprint density at radius 3 is 1.20 bits per heavy atom. The van der Waals surface area contributed by atoms with E-state index in [1.807, 2.05) is 0 Å². The predicted molar refractivity (Wildman–Crippen MR) is 278 cm³/mol. The number of anilines is 3. The summed E-state index contributed by atoms with van der Waals surface area (Å²) in [5.41, 5.74) is 15.4. The minimum absolute atomic E-state index is 1.09. The summed E-state index contributed by atoms with van der Waals surface area (Å²) in [6.45, 7) is 0. The molecule has 1 nitrogen and oxygen atoms in total. The summed E-state index contributed by atoms with van der Waals surface area (Å²) in [4.78, 5) is 2.43. The van der Waals surface area contributed by atoms with E-state index >= 15 is 0 Å². The zero-order valence-electron chi connectivity index (χ0n) is 35.8. The van der Waals surface area contributed by atoms with Crippen LogP contribution in [0.1, 0.15) is 0 Å². The molecule has 65 heavy (non-hydrogen) atoms. The van der Waals surface area contributed by atoms with Crippen molar-refractivity contribution in [3.05, 3.63) is 261 Å². The minimum atomic E-state index is 1.09. The van der Waals surface area contributed by atoms with Gasteiger partial charge in [-0.05, 0) is 130 Å². The van der Waals surface area contributed by atoms with E-state index in [2.05, 4.69) is 266 Å². The molecule has 0 heterocycles. The molecule has 1 heteroatoms. The third-order valence-electron chi connectivity index (χ3n) is 13.1. The summed E-state index contributed by atoms with van der Waals surface area (Å²) >= 11 is 0. The summed E-state index contributed by atoms with van der Waals surface area (Å²) < 4.78 is 0. The van der Waals surface area contributed by atoms with Crippen molar-refractivity contribution in [3.63, 3.8) is 0 Å². The molecule has 0 radical (unpaired) electrons. The molecule has 0 spiro atoms. The van der Waals surface area contributed by atoms with Gasteiger partial charge in [-0.3, -0.25) is 0 Å². The van der Waals surface area contributed by atoms with E-state index in [1.165, 1.54) is 98.7 Å². The van der Waals surface area contributed by atoms with Gasteiger partial charge >= 0.3 is 0 Å². The van der Waals surface area contributed by atoms with Crippen molar-refractivity contribution in [1.29, 1.82) is 0 Å². The Balaban J connectivity index is 0.964. The van der Waals surface area contributed by atoms with Crippen LogP contribution in [0.4, 0.5) is 17.1 Å². The first-order valence-corrected chi connectivity index (χ1v) is 22.4. The van der Waals surface area contributed by atoms with E-state index in [0.717, 1.165) is 17.1 Å². The fourth-order valence-electron chi connectivity index (χ4n) is 9.94. The average Bonchev–Trinajstić information content (AvgIpc) is 3.39. The Hall–Kier alpha value is -8.52. The number of fused-ring (bicyclic) bond motifs is 6. The monoisotopic (exact) mass is 825 g/mol. The fraction of sp³-hybridized carbons (Fsp3) is 0. The number of hydrogen-bond acceptors (Lipinski definition) is 1. The highest BCUT2D eigenvalue weighted by molar-refractivity contribution is 6.15. The molecule has 0 aliphatic heterocycles. The second-order valence-electron chi connectivity index (χ2n) is 16.8. The largest absolute Gasteiger partial charge is 0.310 e. The molecule has 12 aromatic carbocycles. The third kappa shape index (κ3) is 6.92. The van der Waals surface area contributed by atoms with Gasteiger partial charge in [-0.2, -0.15) is 0 Å². The Morgan fingerprint density at radius 1 is 0.200 bits per heavy atom. The number of hydrogen-bond donors (Lipinski definition) is 0. The van der Waals surface area contributed by atoms with Gasteiger partial charge in [-0.25, -0.2) is 0 Å². The van der Waals surface area contributed by atoms with Crippen LogP contribution in [0.5, 0.6) is 0 Å². The van der Waals surface area contributed by atoms with Gasteiger partial charge < -0.3 is 4.90 Å². The average molecular weight is 826 g/mol. The highest BCUT2D eigenvalue weighted by Crippen LogP contribution is 2.45. The summed E-state index contributed by atoms with van der Waals surface area (Å²) in [5, 5.41) is 9.99. The lowest BCUT2D eigenvalue weighted by atomic mass is 9.87. The van der Waals surface area contributed by atoms with E-state index < -0.39 is 0 Å². The number of benzene rings is 12. The van der Waals surface area contributed by atoms with E-state index in [4.69, 9.17) is 0 Å². The van der Waals surface area contributed by atoms with Crippen molar-refractivity contribution in [2.75, 3.05) is 4.90 Å². The van der Waals surface area contributed by atoms with Gasteiger partial charge in [0.1, 0.15) is 0 Å². The van der Waals surface area contributed by atoms with Crippen molar-refractivity contribution in [1.82, 2.24) is 0 Å². The van der Waals surface area contributed by atoms with Gasteiger partial charge in [-0.1, -0.05) is 224 Å². The lowest BCUT2D eigenvalue weighted by Gasteiger charge is -2.28. The van der Waals surface area contributed by atoms with E-state index in [-0.39, 0.29) is 0 Å². The molecule has 12 aromatic rings. The van der Waals surface area contributed by atoms with E-state index in [0.29, 0.717) is 0 Å². The van der Waals surface area contributed by atoms with Crippen LogP contribution in [0.3, 0.4) is 0 Å². The maximum absolute atomic E-state index is 2.43. The molecule has 0 bridgehead atoms. The summed E-state index contributed by atoms with van der Waals surface area (Å²) in [7, 11) is 0. The SMILES string of the molecule is c1ccc(-c2ccccc2-c2ccccc2-c2ccccc2-c2ccc(N(c3ccc(-c4ccc5c(ccc6ccccc65)c4)cc3)c3cc4ccccc4c4ccccc34)cc2)cc1. The zero-order valence-corrected chi connectivity index (χ0v) is 35.8. The Bertz CT molecular complexity index is 3700. The Labute approximate surface area is 379 Å². The van der Waals surface area contributed by atoms with Crippen LogP contribution < -0.4 is 4.90 Å². The molecule has 0 amide bonds. The summed E-state index contributed by atoms with van der Waals surface area (Å²) in [6, 6.07) is 95.2. The topological polar surface area (TPSA) is 3.24 Å². The maximum atomic E-state index is 2.43.